The van der Waals surface area contributed by atoms with Crippen LogP contribution in [-0.4, -0.2) is 31.6 Å². The van der Waals surface area contributed by atoms with E-state index in [0.29, 0.717) is 21.9 Å². The highest BCUT2D eigenvalue weighted by atomic mass is 32.2. The van der Waals surface area contributed by atoms with Gasteiger partial charge in [0.1, 0.15) is 11.6 Å². The number of likely N-dealkylation sites (N-methyl/N-ethyl adjacent to an activating group) is 1. The van der Waals surface area contributed by atoms with E-state index in [2.05, 4.69) is 28.2 Å². The van der Waals surface area contributed by atoms with Gasteiger partial charge in [0.2, 0.25) is 6.41 Å². The molecule has 0 fully saturated rings. The minimum absolute atomic E-state index is 0.0545. The molecule has 2 rings (SSSR count). The molecule has 0 saturated heterocycles. The van der Waals surface area contributed by atoms with Crippen LogP contribution < -0.4 is 22.2 Å². The molecule has 0 aliphatic rings. The van der Waals surface area contributed by atoms with E-state index in [1.807, 2.05) is 0 Å². The third kappa shape index (κ3) is 7.72. The molecule has 2 aromatic rings. The molecule has 6 N–H and O–H groups in total. The van der Waals surface area contributed by atoms with Crippen molar-refractivity contribution >= 4 is 35.5 Å². The van der Waals surface area contributed by atoms with Crippen LogP contribution in [0, 0.1) is 11.6 Å². The number of nitrogens with zero attached hydrogens (tertiary/aromatic N) is 1. The maximum absolute atomic E-state index is 14.3. The molecule has 0 radical (unpaired) electrons. The van der Waals surface area contributed by atoms with Crippen molar-refractivity contribution in [1.82, 2.24) is 5.32 Å². The summed E-state index contributed by atoms with van der Waals surface area (Å²) in [5.74, 6) is -1.75. The summed E-state index contributed by atoms with van der Waals surface area (Å²) in [5, 5.41) is 6.67. The zero-order valence-corrected chi connectivity index (χ0v) is 16.4. The first-order valence-corrected chi connectivity index (χ1v) is 8.99. The Kier molecular flexibility index (Phi) is 10.1. The number of rotatable bonds is 8. The van der Waals surface area contributed by atoms with Crippen LogP contribution in [0.1, 0.15) is 0 Å². The first kappa shape index (κ1) is 23.8. The van der Waals surface area contributed by atoms with Crippen LogP contribution in [0.2, 0.25) is 0 Å². The van der Waals surface area contributed by atoms with Gasteiger partial charge in [-0.1, -0.05) is 30.5 Å². The SMILES string of the molecule is C=C(CNC)/C(=N\Nc1ccc(Sc2ccccc2F)cc1F)C(N)=O.NC=O. The highest BCUT2D eigenvalue weighted by Gasteiger charge is 2.12. The molecule has 0 heterocycles. The van der Waals surface area contributed by atoms with Crippen LogP contribution in [0.5, 0.6) is 0 Å². The lowest BCUT2D eigenvalue weighted by Gasteiger charge is -2.09. The Hall–Kier alpha value is -3.24. The van der Waals surface area contributed by atoms with Crippen LogP contribution in [0.3, 0.4) is 0 Å². The second-order valence-corrected chi connectivity index (χ2v) is 6.50. The number of halogens is 2. The van der Waals surface area contributed by atoms with E-state index in [-0.39, 0.29) is 23.6 Å². The van der Waals surface area contributed by atoms with E-state index in [1.165, 1.54) is 18.2 Å². The average molecular weight is 421 g/mol. The Balaban J connectivity index is 0.00000132. The number of nitrogens with two attached hydrogens (primary N) is 2. The highest BCUT2D eigenvalue weighted by molar-refractivity contribution is 7.99. The highest BCUT2D eigenvalue weighted by Crippen LogP contribution is 2.31. The number of anilines is 1. The van der Waals surface area contributed by atoms with Crippen LogP contribution in [0.15, 0.2) is 69.5 Å². The number of hydrogen-bond acceptors (Lipinski definition) is 6. The standard InChI is InChI=1S/C18H18F2N4OS.CH3NO/c1-11(10-22-2)17(18(21)25)24-23-15-8-7-12(9-14(15)20)26-16-6-4-3-5-13(16)19;2-1-3/h3-9,22-23H,1,10H2,2H3,(H2,21,25);1H,(H2,2,3)/b24-17+;. The van der Waals surface area contributed by atoms with E-state index in [4.69, 9.17) is 10.5 Å². The number of carbonyl (C=O) groups is 2. The zero-order chi connectivity index (χ0) is 21.8. The predicted octanol–water partition coefficient (Wildman–Crippen LogP) is 2.25. The smallest absolute Gasteiger partial charge is 0.269 e. The van der Waals surface area contributed by atoms with Crippen molar-refractivity contribution in [2.45, 2.75) is 9.79 Å². The Labute approximate surface area is 171 Å². The first-order chi connectivity index (χ1) is 13.8. The number of amides is 2. The molecule has 2 amide bonds. The van der Waals surface area contributed by atoms with Crippen LogP contribution in [0.4, 0.5) is 14.5 Å². The normalized spacial score (nSPS) is 10.5. The van der Waals surface area contributed by atoms with Gasteiger partial charge in [0.05, 0.1) is 5.69 Å². The van der Waals surface area contributed by atoms with Crippen molar-refractivity contribution in [2.24, 2.45) is 16.6 Å². The Morgan fingerprint density at radius 1 is 1.24 bits per heavy atom. The summed E-state index contributed by atoms with van der Waals surface area (Å²) in [5.41, 5.74) is 12.3. The number of hydrogen-bond donors (Lipinski definition) is 4. The Bertz CT molecular complexity index is 906. The third-order valence-corrected chi connectivity index (χ3v) is 4.29. The van der Waals surface area contributed by atoms with Crippen molar-refractivity contribution in [3.63, 3.8) is 0 Å². The van der Waals surface area contributed by atoms with E-state index in [0.717, 1.165) is 11.8 Å². The second kappa shape index (κ2) is 12.3. The molecule has 0 aliphatic carbocycles. The molecule has 29 heavy (non-hydrogen) atoms. The van der Waals surface area contributed by atoms with Gasteiger partial charge in [-0.25, -0.2) is 8.78 Å². The maximum Gasteiger partial charge on any atom is 0.269 e. The molecular weight excluding hydrogens is 400 g/mol. The lowest BCUT2D eigenvalue weighted by molar-refractivity contribution is -0.112. The lowest BCUT2D eigenvalue weighted by Crippen LogP contribution is -2.29. The summed E-state index contributed by atoms with van der Waals surface area (Å²) in [6, 6.07) is 10.6. The van der Waals surface area contributed by atoms with Gasteiger partial charge in [-0.3, -0.25) is 15.0 Å². The molecule has 0 atom stereocenters. The van der Waals surface area contributed by atoms with Gasteiger partial charge < -0.3 is 16.8 Å². The number of primary amides is 2. The monoisotopic (exact) mass is 421 g/mol. The summed E-state index contributed by atoms with van der Waals surface area (Å²) in [6.07, 6.45) is 0.250. The minimum Gasteiger partial charge on any atom is -0.372 e. The van der Waals surface area contributed by atoms with Crippen LogP contribution in [0.25, 0.3) is 0 Å². The van der Waals surface area contributed by atoms with Crippen molar-refractivity contribution in [2.75, 3.05) is 19.0 Å². The number of nitrogens with one attached hydrogen (secondary N) is 2. The van der Waals surface area contributed by atoms with E-state index in [1.54, 1.807) is 31.3 Å². The van der Waals surface area contributed by atoms with E-state index in [9.17, 15) is 13.6 Å². The fourth-order valence-corrected chi connectivity index (χ4v) is 2.89. The fourth-order valence-electron chi connectivity index (χ4n) is 2.03. The molecule has 0 bridgehead atoms. The molecule has 2 aromatic carbocycles. The molecule has 154 valence electrons. The minimum atomic E-state index is -0.773. The van der Waals surface area contributed by atoms with Gasteiger partial charge in [-0.2, -0.15) is 5.10 Å². The number of benzene rings is 2. The summed E-state index contributed by atoms with van der Waals surface area (Å²) < 4.78 is 27.9. The maximum atomic E-state index is 14.3. The summed E-state index contributed by atoms with van der Waals surface area (Å²) in [6.45, 7) is 4.01. The second-order valence-electron chi connectivity index (χ2n) is 5.38. The number of hydrazone groups is 1. The molecule has 0 spiro atoms. The van der Waals surface area contributed by atoms with Crippen molar-refractivity contribution in [3.05, 3.63) is 66.3 Å². The van der Waals surface area contributed by atoms with E-state index < -0.39 is 11.7 Å². The van der Waals surface area contributed by atoms with Crippen molar-refractivity contribution in [3.8, 4) is 0 Å². The molecule has 0 aromatic heterocycles. The van der Waals surface area contributed by atoms with Crippen molar-refractivity contribution in [1.29, 1.82) is 0 Å². The Morgan fingerprint density at radius 2 is 1.90 bits per heavy atom. The van der Waals surface area contributed by atoms with Gasteiger partial charge in [-0.05, 0) is 43.0 Å². The average Bonchev–Trinajstić information content (AvgIpc) is 2.66. The van der Waals surface area contributed by atoms with Crippen molar-refractivity contribution < 1.29 is 18.4 Å². The summed E-state index contributed by atoms with van der Waals surface area (Å²) >= 11 is 1.10. The van der Waals surface area contributed by atoms with Crippen LogP contribution >= 0.6 is 11.8 Å². The molecule has 10 heteroatoms. The topological polar surface area (TPSA) is 123 Å². The van der Waals surface area contributed by atoms with Gasteiger partial charge in [0.15, 0.2) is 5.71 Å². The summed E-state index contributed by atoms with van der Waals surface area (Å²) in [7, 11) is 1.68. The van der Waals surface area contributed by atoms with Crippen LogP contribution in [-0.2, 0) is 9.59 Å². The molecule has 7 nitrogen and oxygen atoms in total. The zero-order valence-electron chi connectivity index (χ0n) is 15.6. The molecule has 0 saturated carbocycles. The van der Waals surface area contributed by atoms with Gasteiger partial charge in [0.25, 0.3) is 5.91 Å². The van der Waals surface area contributed by atoms with Gasteiger partial charge in [-0.15, -0.1) is 0 Å². The molecule has 0 unspecified atom stereocenters. The largest absolute Gasteiger partial charge is 0.372 e. The quantitative estimate of drug-likeness (QED) is 0.296. The molecular formula is C19H21F2N5O2S. The number of carbonyl (C=O) groups excluding carboxylic acids is 2. The van der Waals surface area contributed by atoms with Gasteiger partial charge in [0, 0.05) is 16.3 Å². The predicted molar refractivity (Wildman–Crippen MR) is 110 cm³/mol. The third-order valence-electron chi connectivity index (χ3n) is 3.25. The van der Waals surface area contributed by atoms with E-state index >= 15 is 0 Å². The van der Waals surface area contributed by atoms with Gasteiger partial charge >= 0.3 is 0 Å². The fraction of sp³-hybridized carbons (Fsp3) is 0.105. The summed E-state index contributed by atoms with van der Waals surface area (Å²) in [4.78, 5) is 20.9. The first-order valence-electron chi connectivity index (χ1n) is 8.17. The molecule has 0 aliphatic heterocycles. The Morgan fingerprint density at radius 3 is 2.45 bits per heavy atom. The lowest BCUT2D eigenvalue weighted by atomic mass is 10.2.